The second-order valence-electron chi connectivity index (χ2n) is 11.0. The van der Waals surface area contributed by atoms with Gasteiger partial charge in [0.15, 0.2) is 0 Å². The fourth-order valence-electron chi connectivity index (χ4n) is 6.29. The molecule has 0 saturated carbocycles. The van der Waals surface area contributed by atoms with Crippen molar-refractivity contribution in [2.24, 2.45) is 17.1 Å². The summed E-state index contributed by atoms with van der Waals surface area (Å²) in [5.41, 5.74) is 10.4. The topological polar surface area (TPSA) is 112 Å². The van der Waals surface area contributed by atoms with Gasteiger partial charge in [0.05, 0.1) is 45.9 Å². The van der Waals surface area contributed by atoms with Gasteiger partial charge >= 0.3 is 0 Å². The van der Waals surface area contributed by atoms with Gasteiger partial charge in [-0.3, -0.25) is 9.36 Å². The van der Waals surface area contributed by atoms with Crippen molar-refractivity contribution in [2.45, 2.75) is 54.6 Å². The highest BCUT2D eigenvalue weighted by molar-refractivity contribution is 7.99. The third kappa shape index (κ3) is 4.71. The zero-order valence-corrected chi connectivity index (χ0v) is 24.4. The minimum atomic E-state index is -0.110. The van der Waals surface area contributed by atoms with Crippen LogP contribution in [0, 0.1) is 11.3 Å². The lowest BCUT2D eigenvalue weighted by Gasteiger charge is -2.42. The Morgan fingerprint density at radius 1 is 1.12 bits per heavy atom. The van der Waals surface area contributed by atoms with Crippen LogP contribution in [-0.4, -0.2) is 50.8 Å². The number of benzene rings is 1. The molecule has 0 bridgehead atoms. The fourth-order valence-corrected chi connectivity index (χ4v) is 8.37. The van der Waals surface area contributed by atoms with Gasteiger partial charge in [-0.05, 0) is 55.6 Å². The monoisotopic (exact) mass is 595 g/mol. The van der Waals surface area contributed by atoms with Gasteiger partial charge in [0.2, 0.25) is 0 Å². The quantitative estimate of drug-likeness (QED) is 0.350. The third-order valence-corrected chi connectivity index (χ3v) is 11.2. The number of nitrogens with zero attached hydrogens (tertiary/aromatic N) is 6. The van der Waals surface area contributed by atoms with E-state index in [1.165, 1.54) is 22.3 Å². The van der Waals surface area contributed by atoms with E-state index in [1.807, 2.05) is 23.8 Å². The maximum Gasteiger partial charge on any atom is 0.262 e. The van der Waals surface area contributed by atoms with Crippen molar-refractivity contribution in [3.05, 3.63) is 62.3 Å². The smallest absolute Gasteiger partial charge is 0.262 e. The predicted molar refractivity (Wildman–Crippen MR) is 157 cm³/mol. The van der Waals surface area contributed by atoms with E-state index in [-0.39, 0.29) is 17.0 Å². The largest absolute Gasteiger partial charge is 0.381 e. The lowest BCUT2D eigenvalue weighted by Crippen LogP contribution is -2.44. The van der Waals surface area contributed by atoms with Crippen LogP contribution in [0.5, 0.6) is 0 Å². The standard InChI is InChI=1S/C28H30ClN7O2S2/c29-24-20(2-1-18-23(24)27(37)36(15-33-18)14-17-3-9-38-10-4-17)40-22-13-31-21(12-32-22)35-7-5-28(6-8-35)11-19-25(26(28)30)39-16-34-19/h1-2,12-13,15-17,26H,3-11,14,30H2/t26-/m1/s1. The van der Waals surface area contributed by atoms with Crippen molar-refractivity contribution in [1.29, 1.82) is 0 Å². The van der Waals surface area contributed by atoms with E-state index in [9.17, 15) is 4.79 Å². The van der Waals surface area contributed by atoms with Gasteiger partial charge in [0, 0.05) is 48.7 Å². The van der Waals surface area contributed by atoms with Gasteiger partial charge in [0.25, 0.3) is 5.56 Å². The highest BCUT2D eigenvalue weighted by atomic mass is 35.5. The third-order valence-electron chi connectivity index (χ3n) is 8.74. The molecule has 1 aromatic carbocycles. The van der Waals surface area contributed by atoms with Gasteiger partial charge < -0.3 is 15.4 Å². The Hall–Kier alpha value is -2.57. The molecule has 5 heterocycles. The minimum Gasteiger partial charge on any atom is -0.381 e. The van der Waals surface area contributed by atoms with Crippen LogP contribution in [0.1, 0.15) is 42.3 Å². The van der Waals surface area contributed by atoms with E-state index >= 15 is 0 Å². The van der Waals surface area contributed by atoms with Crippen LogP contribution >= 0.6 is 34.7 Å². The number of nitrogens with two attached hydrogens (primary N) is 1. The molecule has 1 atom stereocenters. The first-order valence-corrected chi connectivity index (χ1v) is 15.8. The highest BCUT2D eigenvalue weighted by Crippen LogP contribution is 2.51. The van der Waals surface area contributed by atoms with E-state index in [1.54, 1.807) is 28.4 Å². The van der Waals surface area contributed by atoms with Crippen molar-refractivity contribution in [3.63, 3.8) is 0 Å². The van der Waals surface area contributed by atoms with E-state index in [0.29, 0.717) is 28.4 Å². The number of halogens is 1. The Balaban J connectivity index is 1.05. The summed E-state index contributed by atoms with van der Waals surface area (Å²) >= 11 is 9.89. The number of hydrogen-bond acceptors (Lipinski definition) is 10. The SMILES string of the molecule is N[C@@H]1c2scnc2CC12CCN(c1cnc(Sc3ccc4ncn(CC5CCOCC5)c(=O)c4c3Cl)cn1)CC2. The van der Waals surface area contributed by atoms with E-state index in [0.717, 1.165) is 74.1 Å². The maximum atomic E-state index is 13.4. The molecule has 2 aliphatic heterocycles. The summed E-state index contributed by atoms with van der Waals surface area (Å²) in [6.45, 7) is 3.90. The molecule has 3 aromatic heterocycles. The molecule has 0 amide bonds. The normalized spacial score (nSPS) is 20.9. The molecule has 0 unspecified atom stereocenters. The predicted octanol–water partition coefficient (Wildman–Crippen LogP) is 4.72. The minimum absolute atomic E-state index is 0.0786. The van der Waals surface area contributed by atoms with Gasteiger partial charge in [-0.1, -0.05) is 23.4 Å². The molecule has 0 radical (unpaired) electrons. The summed E-state index contributed by atoms with van der Waals surface area (Å²) < 4.78 is 7.14. The molecular weight excluding hydrogens is 566 g/mol. The molecule has 12 heteroatoms. The van der Waals surface area contributed by atoms with E-state index < -0.39 is 0 Å². The summed E-state index contributed by atoms with van der Waals surface area (Å²) in [5, 5.41) is 1.57. The average Bonchev–Trinajstić information content (AvgIpc) is 3.53. The number of ether oxygens (including phenoxy) is 1. The Bertz CT molecular complexity index is 1590. The first-order valence-electron chi connectivity index (χ1n) is 13.7. The fraction of sp³-hybridized carbons (Fsp3) is 0.464. The second kappa shape index (κ2) is 10.7. The molecule has 2 saturated heterocycles. The second-order valence-corrected chi connectivity index (χ2v) is 13.3. The highest BCUT2D eigenvalue weighted by Gasteiger charge is 2.47. The number of aromatic nitrogens is 5. The summed E-state index contributed by atoms with van der Waals surface area (Å²) in [7, 11) is 0. The van der Waals surface area contributed by atoms with Crippen LogP contribution in [0.2, 0.25) is 5.02 Å². The van der Waals surface area contributed by atoms with Crippen LogP contribution in [-0.2, 0) is 17.7 Å². The number of rotatable bonds is 5. The number of fused-ring (bicyclic) bond motifs is 2. The van der Waals surface area contributed by atoms with Crippen molar-refractivity contribution < 1.29 is 4.74 Å². The van der Waals surface area contributed by atoms with E-state index in [2.05, 4.69) is 19.9 Å². The Labute approximate surface area is 245 Å². The van der Waals surface area contributed by atoms with E-state index in [4.69, 9.17) is 27.1 Å². The molecule has 2 fully saturated rings. The van der Waals surface area contributed by atoms with Gasteiger partial charge in [-0.15, -0.1) is 11.3 Å². The summed E-state index contributed by atoms with van der Waals surface area (Å²) in [5.74, 6) is 1.27. The first-order chi connectivity index (χ1) is 19.5. The molecule has 1 spiro atoms. The van der Waals surface area contributed by atoms with Crippen molar-refractivity contribution >= 4 is 51.4 Å². The number of anilines is 1. The van der Waals surface area contributed by atoms with Crippen molar-refractivity contribution in [2.75, 3.05) is 31.2 Å². The lowest BCUT2D eigenvalue weighted by molar-refractivity contribution is 0.0609. The molecule has 3 aliphatic rings. The van der Waals surface area contributed by atoms with Crippen LogP contribution in [0.15, 0.2) is 51.1 Å². The zero-order chi connectivity index (χ0) is 27.3. The lowest BCUT2D eigenvalue weighted by atomic mass is 9.74. The molecular formula is C28H30ClN7O2S2. The van der Waals surface area contributed by atoms with Crippen LogP contribution in [0.25, 0.3) is 10.9 Å². The number of thiazole rings is 1. The van der Waals surface area contributed by atoms with Gasteiger partial charge in [0.1, 0.15) is 10.8 Å². The van der Waals surface area contributed by atoms with Crippen molar-refractivity contribution in [1.82, 2.24) is 24.5 Å². The molecule has 4 aromatic rings. The molecule has 7 rings (SSSR count). The maximum absolute atomic E-state index is 13.4. The Morgan fingerprint density at radius 2 is 1.95 bits per heavy atom. The summed E-state index contributed by atoms with van der Waals surface area (Å²) in [6, 6.07) is 3.81. The molecule has 2 N–H and O–H groups in total. The molecule has 208 valence electrons. The molecule has 40 heavy (non-hydrogen) atoms. The van der Waals surface area contributed by atoms with Gasteiger partial charge in [-0.2, -0.15) is 0 Å². The summed E-state index contributed by atoms with van der Waals surface area (Å²) in [4.78, 5) is 36.1. The number of hydrogen-bond donors (Lipinski definition) is 1. The Kier molecular flexibility index (Phi) is 7.03. The van der Waals surface area contributed by atoms with Crippen molar-refractivity contribution in [3.8, 4) is 0 Å². The van der Waals surface area contributed by atoms with Gasteiger partial charge in [-0.25, -0.2) is 19.9 Å². The number of piperidine rings is 1. The Morgan fingerprint density at radius 3 is 2.70 bits per heavy atom. The first kappa shape index (κ1) is 26.3. The zero-order valence-electron chi connectivity index (χ0n) is 22.0. The van der Waals surface area contributed by atoms with Crippen LogP contribution in [0.4, 0.5) is 5.82 Å². The molecule has 1 aliphatic carbocycles. The molecule has 9 nitrogen and oxygen atoms in total. The van der Waals surface area contributed by atoms with Crippen LogP contribution in [0.3, 0.4) is 0 Å². The van der Waals surface area contributed by atoms with Crippen LogP contribution < -0.4 is 16.2 Å². The summed E-state index contributed by atoms with van der Waals surface area (Å²) in [6.07, 6.45) is 10.1. The average molecular weight is 596 g/mol.